The molecule has 0 saturated carbocycles. The van der Waals surface area contributed by atoms with Crippen LogP contribution in [0.25, 0.3) is 11.0 Å². The minimum atomic E-state index is 0.182. The summed E-state index contributed by atoms with van der Waals surface area (Å²) >= 11 is 0. The number of hydrogen-bond acceptors (Lipinski definition) is 2. The summed E-state index contributed by atoms with van der Waals surface area (Å²) in [5.74, 6) is 0.182. The predicted molar refractivity (Wildman–Crippen MR) is 55.1 cm³/mol. The number of carbonyl (C=O) groups excluding carboxylic acids is 1. The van der Waals surface area contributed by atoms with E-state index in [0.717, 1.165) is 16.6 Å². The van der Waals surface area contributed by atoms with Gasteiger partial charge in [-0.3, -0.25) is 4.79 Å². The largest absolute Gasteiger partial charge is 0.335 e. The zero-order valence-corrected chi connectivity index (χ0v) is 8.32. The molecule has 0 N–H and O–H groups in total. The third kappa shape index (κ3) is 1.41. The zero-order chi connectivity index (χ0) is 10.1. The van der Waals surface area contributed by atoms with E-state index < -0.39 is 0 Å². The Morgan fingerprint density at radius 3 is 3.07 bits per heavy atom. The van der Waals surface area contributed by atoms with Crippen LogP contribution in [0.15, 0.2) is 24.5 Å². The van der Waals surface area contributed by atoms with Crippen molar-refractivity contribution in [1.29, 1.82) is 0 Å². The van der Waals surface area contributed by atoms with Crippen LogP contribution in [0, 0.1) is 0 Å². The van der Waals surface area contributed by atoms with Crippen LogP contribution < -0.4 is 0 Å². The fraction of sp³-hybridized carbons (Fsp3) is 0.273. The van der Waals surface area contributed by atoms with E-state index in [4.69, 9.17) is 0 Å². The number of fused-ring (bicyclic) bond motifs is 1. The second-order valence-corrected chi connectivity index (χ2v) is 3.52. The lowest BCUT2D eigenvalue weighted by atomic mass is 10.1. The fourth-order valence-corrected chi connectivity index (χ4v) is 1.70. The topological polar surface area (TPSA) is 34.9 Å². The van der Waals surface area contributed by atoms with E-state index >= 15 is 0 Å². The summed E-state index contributed by atoms with van der Waals surface area (Å²) in [5.41, 5.74) is 1.99. The highest BCUT2D eigenvalue weighted by molar-refractivity contribution is 5.87. The number of rotatable bonds is 2. The molecular weight excluding hydrogens is 176 g/mol. The van der Waals surface area contributed by atoms with Crippen LogP contribution in [0.3, 0.4) is 0 Å². The molecule has 0 aliphatic rings. The molecule has 0 radical (unpaired) electrons. The molecule has 0 aliphatic carbocycles. The maximum Gasteiger partial charge on any atom is 0.139 e. The highest BCUT2D eigenvalue weighted by atomic mass is 16.1. The number of Topliss-reactive ketones (excluding diaryl/α,β-unsaturated/α-hetero) is 1. The maximum atomic E-state index is 11.0. The van der Waals surface area contributed by atoms with Crippen molar-refractivity contribution in [1.82, 2.24) is 9.55 Å². The van der Waals surface area contributed by atoms with Crippen molar-refractivity contribution in [3.63, 3.8) is 0 Å². The number of hydrogen-bond donors (Lipinski definition) is 0. The lowest BCUT2D eigenvalue weighted by molar-refractivity contribution is -0.116. The third-order valence-corrected chi connectivity index (χ3v) is 2.26. The van der Waals surface area contributed by atoms with Gasteiger partial charge in [-0.25, -0.2) is 4.98 Å². The van der Waals surface area contributed by atoms with E-state index in [1.165, 1.54) is 0 Å². The molecule has 0 amide bonds. The Labute approximate surface area is 82.4 Å². The molecule has 2 aromatic rings. The molecule has 0 atom stereocenters. The van der Waals surface area contributed by atoms with Gasteiger partial charge in [0, 0.05) is 31.2 Å². The second-order valence-electron chi connectivity index (χ2n) is 3.52. The highest BCUT2D eigenvalue weighted by Crippen LogP contribution is 2.18. The van der Waals surface area contributed by atoms with E-state index in [2.05, 4.69) is 4.98 Å². The van der Waals surface area contributed by atoms with Gasteiger partial charge in [-0.05, 0) is 24.6 Å². The van der Waals surface area contributed by atoms with Crippen molar-refractivity contribution in [2.45, 2.75) is 13.3 Å². The average molecular weight is 188 g/mol. The molecule has 0 aromatic carbocycles. The number of pyridine rings is 1. The van der Waals surface area contributed by atoms with E-state index in [1.54, 1.807) is 13.1 Å². The van der Waals surface area contributed by atoms with Gasteiger partial charge in [0.25, 0.3) is 0 Å². The Morgan fingerprint density at radius 2 is 2.36 bits per heavy atom. The Kier molecular flexibility index (Phi) is 2.08. The number of carbonyl (C=O) groups is 1. The Bertz CT molecular complexity index is 485. The molecule has 14 heavy (non-hydrogen) atoms. The van der Waals surface area contributed by atoms with Crippen molar-refractivity contribution < 1.29 is 4.79 Å². The van der Waals surface area contributed by atoms with Gasteiger partial charge in [0.2, 0.25) is 0 Å². The van der Waals surface area contributed by atoms with E-state index in [0.29, 0.717) is 6.42 Å². The van der Waals surface area contributed by atoms with Gasteiger partial charge in [0.1, 0.15) is 11.4 Å². The number of ketones is 1. The Morgan fingerprint density at radius 1 is 1.57 bits per heavy atom. The van der Waals surface area contributed by atoms with E-state index in [1.807, 2.05) is 29.9 Å². The van der Waals surface area contributed by atoms with Gasteiger partial charge >= 0.3 is 0 Å². The summed E-state index contributed by atoms with van der Waals surface area (Å²) in [5, 5.41) is 1.07. The van der Waals surface area contributed by atoms with Crippen LogP contribution >= 0.6 is 0 Å². The van der Waals surface area contributed by atoms with Gasteiger partial charge in [-0.15, -0.1) is 0 Å². The monoisotopic (exact) mass is 188 g/mol. The SMILES string of the molecule is CC(=O)Cc1cn(C)c2ncccc12. The number of nitrogens with zero attached hydrogens (tertiary/aromatic N) is 2. The molecule has 0 spiro atoms. The van der Waals surface area contributed by atoms with Gasteiger partial charge < -0.3 is 4.57 Å². The first-order valence-corrected chi connectivity index (χ1v) is 4.57. The van der Waals surface area contributed by atoms with Crippen molar-refractivity contribution in [2.75, 3.05) is 0 Å². The van der Waals surface area contributed by atoms with Crippen molar-refractivity contribution >= 4 is 16.8 Å². The molecule has 3 nitrogen and oxygen atoms in total. The molecule has 3 heteroatoms. The Hall–Kier alpha value is -1.64. The molecule has 0 saturated heterocycles. The summed E-state index contributed by atoms with van der Waals surface area (Å²) < 4.78 is 1.95. The van der Waals surface area contributed by atoms with Crippen LogP contribution in [-0.2, 0) is 18.3 Å². The van der Waals surface area contributed by atoms with E-state index in [-0.39, 0.29) is 5.78 Å². The molecule has 0 unspecified atom stereocenters. The molecule has 0 aliphatic heterocycles. The second kappa shape index (κ2) is 3.25. The summed E-state index contributed by atoms with van der Waals surface area (Å²) in [4.78, 5) is 15.3. The first-order valence-electron chi connectivity index (χ1n) is 4.57. The molecular formula is C11H12N2O. The van der Waals surface area contributed by atoms with Crippen molar-refractivity contribution in [2.24, 2.45) is 7.05 Å². The molecule has 0 bridgehead atoms. The first-order chi connectivity index (χ1) is 6.68. The van der Waals surface area contributed by atoms with Gasteiger partial charge in [0.05, 0.1) is 0 Å². The molecule has 72 valence electrons. The molecule has 2 heterocycles. The average Bonchev–Trinajstić information content (AvgIpc) is 2.44. The first kappa shape index (κ1) is 8.94. The van der Waals surface area contributed by atoms with Crippen LogP contribution in [-0.4, -0.2) is 15.3 Å². The normalized spacial score (nSPS) is 10.7. The summed E-state index contributed by atoms with van der Waals surface area (Å²) in [6.07, 6.45) is 4.22. The Balaban J connectivity index is 2.60. The quantitative estimate of drug-likeness (QED) is 0.719. The van der Waals surface area contributed by atoms with E-state index in [9.17, 15) is 4.79 Å². The minimum absolute atomic E-state index is 0.182. The lowest BCUT2D eigenvalue weighted by Crippen LogP contribution is -1.94. The van der Waals surface area contributed by atoms with Gasteiger partial charge in [-0.1, -0.05) is 0 Å². The summed E-state index contributed by atoms with van der Waals surface area (Å²) in [6, 6.07) is 3.90. The fourth-order valence-electron chi connectivity index (χ4n) is 1.70. The third-order valence-electron chi connectivity index (χ3n) is 2.26. The maximum absolute atomic E-state index is 11.0. The highest BCUT2D eigenvalue weighted by Gasteiger charge is 2.07. The van der Waals surface area contributed by atoms with Crippen LogP contribution in [0.2, 0.25) is 0 Å². The summed E-state index contributed by atoms with van der Waals surface area (Å²) in [6.45, 7) is 1.61. The van der Waals surface area contributed by atoms with Crippen LogP contribution in [0.5, 0.6) is 0 Å². The summed E-state index contributed by atoms with van der Waals surface area (Å²) in [7, 11) is 1.94. The zero-order valence-electron chi connectivity index (χ0n) is 8.32. The van der Waals surface area contributed by atoms with Crippen molar-refractivity contribution in [3.8, 4) is 0 Å². The van der Waals surface area contributed by atoms with Gasteiger partial charge in [-0.2, -0.15) is 0 Å². The molecule has 0 fully saturated rings. The molecule has 2 aromatic heterocycles. The smallest absolute Gasteiger partial charge is 0.139 e. The minimum Gasteiger partial charge on any atom is -0.335 e. The van der Waals surface area contributed by atoms with Crippen LogP contribution in [0.1, 0.15) is 12.5 Å². The standard InChI is InChI=1S/C11H12N2O/c1-8(14)6-9-7-13(2)11-10(9)4-3-5-12-11/h3-5,7H,6H2,1-2H3. The lowest BCUT2D eigenvalue weighted by Gasteiger charge is -1.93. The van der Waals surface area contributed by atoms with Crippen LogP contribution in [0.4, 0.5) is 0 Å². The predicted octanol–water partition coefficient (Wildman–Crippen LogP) is 1.70. The number of aryl methyl sites for hydroxylation is 1. The number of aromatic nitrogens is 2. The molecule has 2 rings (SSSR count). The van der Waals surface area contributed by atoms with Crippen molar-refractivity contribution in [3.05, 3.63) is 30.1 Å². The van der Waals surface area contributed by atoms with Gasteiger partial charge in [0.15, 0.2) is 0 Å².